The molecule has 1 heterocycles. The first kappa shape index (κ1) is 14.8. The van der Waals surface area contributed by atoms with Crippen LogP contribution in [0.15, 0.2) is 42.6 Å². The molecule has 0 bridgehead atoms. The summed E-state index contributed by atoms with van der Waals surface area (Å²) in [7, 11) is 0. The number of carbonyl (C=O) groups excluding carboxylic acids is 1. The predicted octanol–water partition coefficient (Wildman–Crippen LogP) is 3.41. The fraction of sp³-hybridized carbons (Fsp3) is 0.250. The first-order valence-electron chi connectivity index (χ1n) is 6.56. The van der Waals surface area contributed by atoms with Gasteiger partial charge in [-0.15, -0.1) is 0 Å². The number of aromatic nitrogens is 1. The number of hydrogen-bond donors (Lipinski definition) is 1. The number of esters is 1. The molecule has 2 rings (SSSR count). The molecule has 0 spiro atoms. The fourth-order valence-electron chi connectivity index (χ4n) is 1.61. The lowest BCUT2D eigenvalue weighted by atomic mass is 10.1. The molecule has 2 aromatic rings. The van der Waals surface area contributed by atoms with E-state index < -0.39 is 5.60 Å². The van der Waals surface area contributed by atoms with Crippen LogP contribution in [0.1, 0.15) is 31.1 Å². The van der Waals surface area contributed by atoms with Gasteiger partial charge >= 0.3 is 5.97 Å². The Labute approximate surface area is 123 Å². The monoisotopic (exact) mass is 286 g/mol. The highest BCUT2D eigenvalue weighted by Crippen LogP contribution is 2.23. The summed E-state index contributed by atoms with van der Waals surface area (Å²) in [5.41, 5.74) is 5.42. The van der Waals surface area contributed by atoms with E-state index in [9.17, 15) is 4.79 Å². The second-order valence-corrected chi connectivity index (χ2v) is 5.55. The highest BCUT2D eigenvalue weighted by molar-refractivity contribution is 5.90. The molecule has 0 aliphatic carbocycles. The average Bonchev–Trinajstić information content (AvgIpc) is 2.40. The molecule has 1 aromatic heterocycles. The molecule has 0 atom stereocenters. The van der Waals surface area contributed by atoms with Crippen molar-refractivity contribution in [3.8, 4) is 11.5 Å². The van der Waals surface area contributed by atoms with Crippen LogP contribution in [0.5, 0.6) is 11.5 Å². The Hall–Kier alpha value is -2.56. The molecule has 0 saturated heterocycles. The molecule has 21 heavy (non-hydrogen) atoms. The lowest BCUT2D eigenvalue weighted by molar-refractivity contribution is 0.00692. The summed E-state index contributed by atoms with van der Waals surface area (Å²) in [6, 6.07) is 10.2. The van der Waals surface area contributed by atoms with Crippen molar-refractivity contribution >= 4 is 11.8 Å². The molecular weight excluding hydrogens is 268 g/mol. The zero-order valence-corrected chi connectivity index (χ0v) is 12.3. The Kier molecular flexibility index (Phi) is 4.12. The van der Waals surface area contributed by atoms with Gasteiger partial charge < -0.3 is 15.2 Å². The van der Waals surface area contributed by atoms with Crippen molar-refractivity contribution in [2.75, 3.05) is 5.73 Å². The van der Waals surface area contributed by atoms with Crippen molar-refractivity contribution in [2.24, 2.45) is 0 Å². The largest absolute Gasteiger partial charge is 0.456 e. The zero-order chi connectivity index (χ0) is 15.5. The summed E-state index contributed by atoms with van der Waals surface area (Å²) in [5, 5.41) is 0. The molecule has 5 heteroatoms. The summed E-state index contributed by atoms with van der Waals surface area (Å²) in [4.78, 5) is 15.9. The van der Waals surface area contributed by atoms with Crippen LogP contribution in [0, 0.1) is 0 Å². The van der Waals surface area contributed by atoms with E-state index in [1.165, 1.54) is 6.20 Å². The Morgan fingerprint density at radius 3 is 2.52 bits per heavy atom. The van der Waals surface area contributed by atoms with Crippen LogP contribution in [0.2, 0.25) is 0 Å². The number of benzene rings is 1. The molecule has 110 valence electrons. The summed E-state index contributed by atoms with van der Waals surface area (Å²) < 4.78 is 10.9. The van der Waals surface area contributed by atoms with E-state index in [4.69, 9.17) is 15.2 Å². The molecule has 0 radical (unpaired) electrons. The average molecular weight is 286 g/mol. The van der Waals surface area contributed by atoms with Crippen LogP contribution in [-0.4, -0.2) is 16.6 Å². The topological polar surface area (TPSA) is 74.4 Å². The summed E-state index contributed by atoms with van der Waals surface area (Å²) in [6.45, 7) is 5.47. The lowest BCUT2D eigenvalue weighted by Crippen LogP contribution is -2.23. The SMILES string of the molecule is CC(C)(C)OC(=O)c1cccc(Oc2ccc(N)nc2)c1. The maximum atomic E-state index is 12.0. The van der Waals surface area contributed by atoms with Crippen LogP contribution in [0.25, 0.3) is 0 Å². The van der Waals surface area contributed by atoms with Crippen LogP contribution >= 0.6 is 0 Å². The van der Waals surface area contributed by atoms with E-state index in [1.807, 2.05) is 20.8 Å². The van der Waals surface area contributed by atoms with Gasteiger partial charge in [0.25, 0.3) is 0 Å². The van der Waals surface area contributed by atoms with Crippen molar-refractivity contribution < 1.29 is 14.3 Å². The number of hydrogen-bond acceptors (Lipinski definition) is 5. The number of nitrogen functional groups attached to an aromatic ring is 1. The lowest BCUT2D eigenvalue weighted by Gasteiger charge is -2.19. The van der Waals surface area contributed by atoms with Crippen molar-refractivity contribution in [1.82, 2.24) is 4.98 Å². The van der Waals surface area contributed by atoms with Crippen molar-refractivity contribution in [1.29, 1.82) is 0 Å². The van der Waals surface area contributed by atoms with E-state index in [2.05, 4.69) is 4.98 Å². The minimum Gasteiger partial charge on any atom is -0.456 e. The van der Waals surface area contributed by atoms with Gasteiger partial charge in [0.1, 0.15) is 22.9 Å². The Balaban J connectivity index is 2.14. The number of pyridine rings is 1. The van der Waals surface area contributed by atoms with Crippen molar-refractivity contribution in [3.05, 3.63) is 48.2 Å². The van der Waals surface area contributed by atoms with E-state index in [-0.39, 0.29) is 5.97 Å². The molecule has 0 amide bonds. The van der Waals surface area contributed by atoms with Gasteiger partial charge in [-0.3, -0.25) is 0 Å². The smallest absolute Gasteiger partial charge is 0.338 e. The number of nitrogens with two attached hydrogens (primary N) is 1. The standard InChI is InChI=1S/C16H18N2O3/c1-16(2,3)21-15(19)11-5-4-6-12(9-11)20-13-7-8-14(17)18-10-13/h4-10H,1-3H3,(H2,17,18). The van der Waals surface area contributed by atoms with Gasteiger partial charge in [0.2, 0.25) is 0 Å². The summed E-state index contributed by atoms with van der Waals surface area (Å²) >= 11 is 0. The summed E-state index contributed by atoms with van der Waals surface area (Å²) in [6.07, 6.45) is 1.52. The Morgan fingerprint density at radius 2 is 1.90 bits per heavy atom. The number of nitrogens with zero attached hydrogens (tertiary/aromatic N) is 1. The highest BCUT2D eigenvalue weighted by atomic mass is 16.6. The molecule has 5 nitrogen and oxygen atoms in total. The van der Waals surface area contributed by atoms with Crippen LogP contribution < -0.4 is 10.5 Å². The van der Waals surface area contributed by atoms with Gasteiger partial charge in [0.05, 0.1) is 11.8 Å². The van der Waals surface area contributed by atoms with Gasteiger partial charge in [-0.2, -0.15) is 0 Å². The Bertz CT molecular complexity index is 631. The minimum absolute atomic E-state index is 0.386. The third-order valence-electron chi connectivity index (χ3n) is 2.46. The number of anilines is 1. The summed E-state index contributed by atoms with van der Waals surface area (Å²) in [5.74, 6) is 1.11. The molecule has 0 aliphatic heterocycles. The highest BCUT2D eigenvalue weighted by Gasteiger charge is 2.18. The maximum Gasteiger partial charge on any atom is 0.338 e. The molecule has 0 unspecified atom stereocenters. The fourth-order valence-corrected chi connectivity index (χ4v) is 1.61. The normalized spacial score (nSPS) is 11.0. The van der Waals surface area contributed by atoms with E-state index in [0.717, 1.165) is 0 Å². The molecular formula is C16H18N2O3. The number of carbonyl (C=O) groups is 1. The van der Waals surface area contributed by atoms with Gasteiger partial charge in [-0.1, -0.05) is 6.07 Å². The third-order valence-corrected chi connectivity index (χ3v) is 2.46. The van der Waals surface area contributed by atoms with E-state index in [0.29, 0.717) is 22.9 Å². The predicted molar refractivity (Wildman–Crippen MR) is 80.3 cm³/mol. The van der Waals surface area contributed by atoms with Crippen molar-refractivity contribution in [2.45, 2.75) is 26.4 Å². The first-order chi connectivity index (χ1) is 9.83. The first-order valence-corrected chi connectivity index (χ1v) is 6.56. The Morgan fingerprint density at radius 1 is 1.14 bits per heavy atom. The quantitative estimate of drug-likeness (QED) is 0.875. The van der Waals surface area contributed by atoms with Gasteiger partial charge in [0, 0.05) is 0 Å². The molecule has 0 fully saturated rings. The third kappa shape index (κ3) is 4.49. The number of ether oxygens (including phenoxy) is 2. The van der Waals surface area contributed by atoms with Crippen molar-refractivity contribution in [3.63, 3.8) is 0 Å². The van der Waals surface area contributed by atoms with E-state index in [1.54, 1.807) is 36.4 Å². The van der Waals surface area contributed by atoms with E-state index >= 15 is 0 Å². The van der Waals surface area contributed by atoms with Crippen LogP contribution in [0.3, 0.4) is 0 Å². The van der Waals surface area contributed by atoms with Gasteiger partial charge in [-0.05, 0) is 51.1 Å². The zero-order valence-electron chi connectivity index (χ0n) is 12.3. The van der Waals surface area contributed by atoms with Gasteiger partial charge in [-0.25, -0.2) is 9.78 Å². The molecule has 0 saturated carbocycles. The van der Waals surface area contributed by atoms with Crippen LogP contribution in [-0.2, 0) is 4.74 Å². The molecule has 1 aromatic carbocycles. The molecule has 2 N–H and O–H groups in total. The minimum atomic E-state index is -0.533. The van der Waals surface area contributed by atoms with Gasteiger partial charge in [0.15, 0.2) is 0 Å². The van der Waals surface area contributed by atoms with Crippen LogP contribution in [0.4, 0.5) is 5.82 Å². The number of rotatable bonds is 3. The second kappa shape index (κ2) is 5.83. The maximum absolute atomic E-state index is 12.0. The second-order valence-electron chi connectivity index (χ2n) is 5.55. The molecule has 0 aliphatic rings.